The number of thioether (sulfide) groups is 1. The smallest absolute Gasteiger partial charge is 0.398 e. The quantitative estimate of drug-likeness (QED) is 0.259. The fourth-order valence-corrected chi connectivity index (χ4v) is 6.00. The van der Waals surface area contributed by atoms with Crippen LogP contribution in [0.25, 0.3) is 0 Å². The van der Waals surface area contributed by atoms with Gasteiger partial charge in [0, 0.05) is 28.0 Å². The van der Waals surface area contributed by atoms with Gasteiger partial charge in [-0.1, -0.05) is 47.5 Å². The zero-order chi connectivity index (χ0) is 24.2. The first-order valence-corrected chi connectivity index (χ1v) is 12.9. The van der Waals surface area contributed by atoms with Gasteiger partial charge in [-0.05, 0) is 53.6 Å². The Hall–Kier alpha value is -1.91. The zero-order valence-corrected chi connectivity index (χ0v) is 20.1. The van der Waals surface area contributed by atoms with E-state index in [2.05, 4.69) is 4.72 Å². The lowest BCUT2D eigenvalue weighted by molar-refractivity contribution is -0.137. The first-order chi connectivity index (χ1) is 15.5. The largest absolute Gasteiger partial charge is 0.416 e. The molecular formula is C22H19Cl2F3N2O2S2. The van der Waals surface area contributed by atoms with Crippen molar-refractivity contribution in [3.05, 3.63) is 93.5 Å². The number of hydrogen-bond acceptors (Lipinski definition) is 4. The summed E-state index contributed by atoms with van der Waals surface area (Å²) in [6.45, 7) is -0.0231. The minimum absolute atomic E-state index is 0.0231. The predicted octanol–water partition coefficient (Wildman–Crippen LogP) is 6.40. The molecule has 0 amide bonds. The van der Waals surface area contributed by atoms with Gasteiger partial charge in [0.05, 0.1) is 15.7 Å². The van der Waals surface area contributed by atoms with E-state index in [0.717, 1.165) is 29.3 Å². The molecule has 1 atom stereocenters. The molecule has 3 rings (SSSR count). The van der Waals surface area contributed by atoms with E-state index in [-0.39, 0.29) is 11.8 Å². The Labute approximate surface area is 204 Å². The normalized spacial score (nSPS) is 13.1. The van der Waals surface area contributed by atoms with Crippen LogP contribution < -0.4 is 10.5 Å². The Bertz CT molecular complexity index is 1240. The fourth-order valence-electron chi connectivity index (χ4n) is 3.08. The maximum atomic E-state index is 12.9. The third kappa shape index (κ3) is 6.58. The highest BCUT2D eigenvalue weighted by Crippen LogP contribution is 2.42. The first kappa shape index (κ1) is 25.7. The Morgan fingerprint density at radius 1 is 0.970 bits per heavy atom. The van der Waals surface area contributed by atoms with E-state index in [1.165, 1.54) is 11.8 Å². The predicted molar refractivity (Wildman–Crippen MR) is 128 cm³/mol. The summed E-state index contributed by atoms with van der Waals surface area (Å²) in [5.74, 6) is 0.292. The molecule has 4 nitrogen and oxygen atoms in total. The average Bonchev–Trinajstić information content (AvgIpc) is 2.76. The molecule has 0 aliphatic heterocycles. The Kier molecular flexibility index (Phi) is 8.23. The highest BCUT2D eigenvalue weighted by atomic mass is 35.5. The molecule has 0 saturated carbocycles. The van der Waals surface area contributed by atoms with Crippen LogP contribution in [-0.4, -0.2) is 20.7 Å². The molecule has 3 N–H and O–H groups in total. The molecule has 0 aliphatic rings. The van der Waals surface area contributed by atoms with E-state index < -0.39 is 26.7 Å². The molecule has 0 aliphatic carbocycles. The van der Waals surface area contributed by atoms with Crippen LogP contribution >= 0.6 is 35.0 Å². The van der Waals surface area contributed by atoms with Crippen LogP contribution in [0.4, 0.5) is 18.9 Å². The summed E-state index contributed by atoms with van der Waals surface area (Å²) in [5.41, 5.74) is 7.13. The minimum Gasteiger partial charge on any atom is -0.398 e. The summed E-state index contributed by atoms with van der Waals surface area (Å²) in [7, 11) is -4.13. The lowest BCUT2D eigenvalue weighted by Gasteiger charge is -2.21. The van der Waals surface area contributed by atoms with Crippen LogP contribution in [0.1, 0.15) is 21.9 Å². The van der Waals surface area contributed by atoms with Crippen molar-refractivity contribution in [3.63, 3.8) is 0 Å². The second-order valence-corrected chi connectivity index (χ2v) is 10.8. The minimum atomic E-state index is -4.64. The number of hydrogen-bond donors (Lipinski definition) is 2. The van der Waals surface area contributed by atoms with Gasteiger partial charge < -0.3 is 5.73 Å². The molecule has 0 heterocycles. The molecule has 33 heavy (non-hydrogen) atoms. The highest BCUT2D eigenvalue weighted by molar-refractivity contribution is 7.99. The molecule has 0 saturated heterocycles. The summed E-state index contributed by atoms with van der Waals surface area (Å²) in [4.78, 5) is -0.455. The van der Waals surface area contributed by atoms with E-state index in [4.69, 9.17) is 28.9 Å². The second kappa shape index (κ2) is 10.6. The van der Waals surface area contributed by atoms with Gasteiger partial charge in [-0.25, -0.2) is 13.1 Å². The summed E-state index contributed by atoms with van der Waals surface area (Å²) in [6.07, 6.45) is -4.64. The summed E-state index contributed by atoms with van der Waals surface area (Å²) in [6, 6.07) is 15.9. The lowest BCUT2D eigenvalue weighted by Crippen LogP contribution is -2.26. The van der Waals surface area contributed by atoms with Gasteiger partial charge in [-0.2, -0.15) is 13.2 Å². The van der Waals surface area contributed by atoms with E-state index in [9.17, 15) is 21.6 Å². The van der Waals surface area contributed by atoms with Crippen LogP contribution in [0.5, 0.6) is 0 Å². The standard InChI is InChI=1S/C22H19Cl2F3N2O2S2/c23-15-8-9-20(28)18(13-15)21(17-6-1-2-7-19(17)24)32-11-10-29-33(30,31)16-5-3-4-14(12-16)22(25,26)27/h1-9,12-13,21,29H,10-11,28H2. The molecule has 0 radical (unpaired) electrons. The monoisotopic (exact) mass is 534 g/mol. The highest BCUT2D eigenvalue weighted by Gasteiger charge is 2.31. The van der Waals surface area contributed by atoms with Gasteiger partial charge in [0.1, 0.15) is 0 Å². The lowest BCUT2D eigenvalue weighted by atomic mass is 10.0. The van der Waals surface area contributed by atoms with E-state index in [0.29, 0.717) is 27.6 Å². The molecule has 3 aromatic carbocycles. The number of nitrogens with two attached hydrogens (primary N) is 1. The van der Waals surface area contributed by atoms with E-state index in [1.807, 2.05) is 12.1 Å². The number of sulfonamides is 1. The van der Waals surface area contributed by atoms with Crippen molar-refractivity contribution < 1.29 is 21.6 Å². The zero-order valence-electron chi connectivity index (χ0n) is 16.9. The third-order valence-electron chi connectivity index (χ3n) is 4.67. The molecular weight excluding hydrogens is 516 g/mol. The second-order valence-electron chi connectivity index (χ2n) is 6.97. The average molecular weight is 535 g/mol. The maximum absolute atomic E-state index is 12.9. The molecule has 0 bridgehead atoms. The van der Waals surface area contributed by atoms with Crippen molar-refractivity contribution in [3.8, 4) is 0 Å². The number of halogens is 5. The Morgan fingerprint density at radius 2 is 1.70 bits per heavy atom. The van der Waals surface area contributed by atoms with Gasteiger partial charge in [-0.3, -0.25) is 0 Å². The van der Waals surface area contributed by atoms with Crippen molar-refractivity contribution >= 4 is 50.7 Å². The molecule has 176 valence electrons. The third-order valence-corrected chi connectivity index (χ3v) is 7.99. The molecule has 0 spiro atoms. The summed E-state index contributed by atoms with van der Waals surface area (Å²) >= 11 is 13.9. The van der Waals surface area contributed by atoms with Crippen LogP contribution in [0.15, 0.2) is 71.6 Å². The van der Waals surface area contributed by atoms with Crippen molar-refractivity contribution in [2.75, 3.05) is 18.0 Å². The summed E-state index contributed by atoms with van der Waals surface area (Å²) in [5, 5.41) is 0.663. The van der Waals surface area contributed by atoms with Crippen molar-refractivity contribution in [1.29, 1.82) is 0 Å². The van der Waals surface area contributed by atoms with Gasteiger partial charge in [-0.15, -0.1) is 11.8 Å². The number of benzene rings is 3. The number of anilines is 1. The van der Waals surface area contributed by atoms with E-state index in [1.54, 1.807) is 30.3 Å². The number of alkyl halides is 3. The van der Waals surface area contributed by atoms with Crippen molar-refractivity contribution in [1.82, 2.24) is 4.72 Å². The van der Waals surface area contributed by atoms with Crippen molar-refractivity contribution in [2.24, 2.45) is 0 Å². The van der Waals surface area contributed by atoms with Gasteiger partial charge in [0.25, 0.3) is 0 Å². The molecule has 3 aromatic rings. The van der Waals surface area contributed by atoms with Crippen LogP contribution in [0.2, 0.25) is 10.0 Å². The van der Waals surface area contributed by atoms with Gasteiger partial charge in [0.15, 0.2) is 0 Å². The first-order valence-electron chi connectivity index (χ1n) is 9.57. The van der Waals surface area contributed by atoms with Crippen LogP contribution in [0.3, 0.4) is 0 Å². The topological polar surface area (TPSA) is 72.2 Å². The van der Waals surface area contributed by atoms with Crippen molar-refractivity contribution in [2.45, 2.75) is 16.3 Å². The van der Waals surface area contributed by atoms with Gasteiger partial charge >= 0.3 is 6.18 Å². The van der Waals surface area contributed by atoms with Crippen LogP contribution in [0, 0.1) is 0 Å². The SMILES string of the molecule is Nc1ccc(Cl)cc1C(SCCNS(=O)(=O)c1cccc(C(F)(F)F)c1)c1ccccc1Cl. The summed E-state index contributed by atoms with van der Waals surface area (Å²) < 4.78 is 66.1. The molecule has 0 aromatic heterocycles. The number of rotatable bonds is 8. The molecule has 0 fully saturated rings. The molecule has 1 unspecified atom stereocenters. The Balaban J connectivity index is 1.76. The fraction of sp³-hybridized carbons (Fsp3) is 0.182. The number of nitrogen functional groups attached to an aromatic ring is 1. The Morgan fingerprint density at radius 3 is 2.39 bits per heavy atom. The van der Waals surface area contributed by atoms with E-state index >= 15 is 0 Å². The van der Waals surface area contributed by atoms with Gasteiger partial charge in [0.2, 0.25) is 10.0 Å². The maximum Gasteiger partial charge on any atom is 0.416 e. The van der Waals surface area contributed by atoms with Crippen LogP contribution in [-0.2, 0) is 16.2 Å². The molecule has 11 heteroatoms. The number of nitrogens with one attached hydrogen (secondary N) is 1.